The van der Waals surface area contributed by atoms with Gasteiger partial charge in [0.2, 0.25) is 0 Å². The van der Waals surface area contributed by atoms with Gasteiger partial charge in [-0.2, -0.15) is 0 Å². The second-order valence-electron chi connectivity index (χ2n) is 3.24. The van der Waals surface area contributed by atoms with Crippen molar-refractivity contribution in [1.82, 2.24) is 15.0 Å². The Morgan fingerprint density at radius 2 is 2.19 bits per heavy atom. The second kappa shape index (κ2) is 3.92. The Kier molecular flexibility index (Phi) is 2.41. The Hall–Kier alpha value is -1.33. The fourth-order valence-corrected chi connectivity index (χ4v) is 2.68. The molecule has 0 unspecified atom stereocenters. The van der Waals surface area contributed by atoms with E-state index < -0.39 is 0 Å². The van der Waals surface area contributed by atoms with Gasteiger partial charge in [-0.25, -0.2) is 9.97 Å². The smallest absolute Gasteiger partial charge is 0.143 e. The van der Waals surface area contributed by atoms with Crippen molar-refractivity contribution in [2.24, 2.45) is 0 Å². The molecule has 0 N–H and O–H groups in total. The molecule has 0 spiro atoms. The van der Waals surface area contributed by atoms with Gasteiger partial charge in [-0.3, -0.25) is 4.98 Å². The van der Waals surface area contributed by atoms with Gasteiger partial charge in [0.05, 0.1) is 0 Å². The van der Waals surface area contributed by atoms with E-state index in [1.807, 2.05) is 24.4 Å². The molecule has 78 valence electrons. The average molecular weight is 292 g/mol. The number of rotatable bonds is 1. The number of hydrogen-bond donors (Lipinski definition) is 0. The monoisotopic (exact) mass is 291 g/mol. The SMILES string of the molecule is Brc1cncc(-c2nc3cccnc3s2)c1. The molecule has 0 saturated heterocycles. The highest BCUT2D eigenvalue weighted by molar-refractivity contribution is 9.10. The molecule has 0 aromatic carbocycles. The minimum Gasteiger partial charge on any atom is -0.263 e. The van der Waals surface area contributed by atoms with Crippen LogP contribution in [0.2, 0.25) is 0 Å². The summed E-state index contributed by atoms with van der Waals surface area (Å²) in [6.07, 6.45) is 5.35. The fourth-order valence-electron chi connectivity index (χ4n) is 1.42. The van der Waals surface area contributed by atoms with Crippen LogP contribution in [-0.2, 0) is 0 Å². The van der Waals surface area contributed by atoms with Crippen molar-refractivity contribution >= 4 is 37.6 Å². The zero-order valence-corrected chi connectivity index (χ0v) is 10.5. The van der Waals surface area contributed by atoms with E-state index >= 15 is 0 Å². The van der Waals surface area contributed by atoms with Gasteiger partial charge < -0.3 is 0 Å². The number of halogens is 1. The molecule has 0 bridgehead atoms. The van der Waals surface area contributed by atoms with E-state index in [0.29, 0.717) is 0 Å². The molecule has 3 aromatic rings. The lowest BCUT2D eigenvalue weighted by Gasteiger charge is -1.94. The lowest BCUT2D eigenvalue weighted by atomic mass is 10.3. The Morgan fingerprint density at radius 3 is 3.00 bits per heavy atom. The maximum Gasteiger partial charge on any atom is 0.143 e. The minimum absolute atomic E-state index is 0.933. The molecule has 0 amide bonds. The van der Waals surface area contributed by atoms with E-state index in [4.69, 9.17) is 0 Å². The van der Waals surface area contributed by atoms with Crippen molar-refractivity contribution in [1.29, 1.82) is 0 Å². The molecule has 3 rings (SSSR count). The molecule has 0 atom stereocenters. The van der Waals surface area contributed by atoms with Crippen molar-refractivity contribution < 1.29 is 0 Å². The van der Waals surface area contributed by atoms with E-state index in [0.717, 1.165) is 25.4 Å². The van der Waals surface area contributed by atoms with Crippen LogP contribution in [0, 0.1) is 0 Å². The summed E-state index contributed by atoms with van der Waals surface area (Å²) < 4.78 is 0.956. The maximum absolute atomic E-state index is 4.52. The highest BCUT2D eigenvalue weighted by atomic mass is 79.9. The topological polar surface area (TPSA) is 38.7 Å². The zero-order chi connectivity index (χ0) is 11.0. The first-order valence-corrected chi connectivity index (χ1v) is 6.26. The minimum atomic E-state index is 0.933. The first kappa shape index (κ1) is 9.86. The van der Waals surface area contributed by atoms with Gasteiger partial charge in [0.1, 0.15) is 15.4 Å². The summed E-state index contributed by atoms with van der Waals surface area (Å²) in [7, 11) is 0. The predicted octanol–water partition coefficient (Wildman–Crippen LogP) is 3.52. The molecule has 5 heteroatoms. The Morgan fingerprint density at radius 1 is 1.25 bits per heavy atom. The third kappa shape index (κ3) is 1.72. The standard InChI is InChI=1S/C11H6BrN3S/c12-8-4-7(5-13-6-8)10-15-9-2-1-3-14-11(9)16-10/h1-6H. The fraction of sp³-hybridized carbons (Fsp3) is 0. The number of nitrogens with zero attached hydrogens (tertiary/aromatic N) is 3. The van der Waals surface area contributed by atoms with Crippen molar-refractivity contribution in [3.8, 4) is 10.6 Å². The number of thiazole rings is 1. The van der Waals surface area contributed by atoms with E-state index in [1.165, 1.54) is 0 Å². The van der Waals surface area contributed by atoms with Crippen molar-refractivity contribution in [3.63, 3.8) is 0 Å². The van der Waals surface area contributed by atoms with Gasteiger partial charge in [0, 0.05) is 28.6 Å². The largest absolute Gasteiger partial charge is 0.263 e. The molecule has 0 radical (unpaired) electrons. The third-order valence-electron chi connectivity index (χ3n) is 2.12. The predicted molar refractivity (Wildman–Crippen MR) is 68.3 cm³/mol. The van der Waals surface area contributed by atoms with Gasteiger partial charge in [-0.1, -0.05) is 11.3 Å². The molecule has 3 nitrogen and oxygen atoms in total. The van der Waals surface area contributed by atoms with Crippen molar-refractivity contribution in [3.05, 3.63) is 41.3 Å². The first-order valence-electron chi connectivity index (χ1n) is 4.65. The average Bonchev–Trinajstić information content (AvgIpc) is 2.72. The molecular weight excluding hydrogens is 286 g/mol. The summed E-state index contributed by atoms with van der Waals surface area (Å²) in [5.74, 6) is 0. The summed E-state index contributed by atoms with van der Waals surface area (Å²) in [6, 6.07) is 5.86. The quantitative estimate of drug-likeness (QED) is 0.689. The van der Waals surface area contributed by atoms with Crippen LogP contribution in [0.1, 0.15) is 0 Å². The van der Waals surface area contributed by atoms with Crippen molar-refractivity contribution in [2.75, 3.05) is 0 Å². The van der Waals surface area contributed by atoms with E-state index in [1.54, 1.807) is 23.7 Å². The highest BCUT2D eigenvalue weighted by Gasteiger charge is 2.06. The molecular formula is C11H6BrN3S. The van der Waals surface area contributed by atoms with Gasteiger partial charge in [-0.15, -0.1) is 0 Å². The molecule has 0 fully saturated rings. The van der Waals surface area contributed by atoms with Gasteiger partial charge in [-0.05, 0) is 34.1 Å². The van der Waals surface area contributed by atoms with Crippen molar-refractivity contribution in [2.45, 2.75) is 0 Å². The summed E-state index contributed by atoms with van der Waals surface area (Å²) in [4.78, 5) is 13.9. The first-order chi connectivity index (χ1) is 7.83. The summed E-state index contributed by atoms with van der Waals surface area (Å²) >= 11 is 4.98. The molecule has 3 aromatic heterocycles. The molecule has 3 heterocycles. The summed E-state index contributed by atoms with van der Waals surface area (Å²) in [5, 5.41) is 0.947. The normalized spacial score (nSPS) is 10.8. The van der Waals surface area contributed by atoms with Gasteiger partial charge >= 0.3 is 0 Å². The summed E-state index contributed by atoms with van der Waals surface area (Å²) in [6.45, 7) is 0. The van der Waals surface area contributed by atoms with E-state index in [2.05, 4.69) is 30.9 Å². The van der Waals surface area contributed by atoms with Crippen LogP contribution in [0.5, 0.6) is 0 Å². The Labute approximate surface area is 104 Å². The van der Waals surface area contributed by atoms with Crippen LogP contribution in [0.3, 0.4) is 0 Å². The lowest BCUT2D eigenvalue weighted by Crippen LogP contribution is -1.78. The number of fused-ring (bicyclic) bond motifs is 1. The maximum atomic E-state index is 4.52. The molecule has 0 aliphatic rings. The third-order valence-corrected chi connectivity index (χ3v) is 3.58. The van der Waals surface area contributed by atoms with Gasteiger partial charge in [0.15, 0.2) is 0 Å². The highest BCUT2D eigenvalue weighted by Crippen LogP contribution is 2.29. The van der Waals surface area contributed by atoms with E-state index in [-0.39, 0.29) is 0 Å². The Balaban J connectivity index is 2.19. The lowest BCUT2D eigenvalue weighted by molar-refractivity contribution is 1.30. The van der Waals surface area contributed by atoms with Crippen LogP contribution in [-0.4, -0.2) is 15.0 Å². The Bertz CT molecular complexity index is 617. The number of aromatic nitrogens is 3. The van der Waals surface area contributed by atoms with Crippen LogP contribution < -0.4 is 0 Å². The number of pyridine rings is 2. The van der Waals surface area contributed by atoms with Crippen LogP contribution in [0.25, 0.3) is 20.9 Å². The molecule has 0 aliphatic heterocycles. The van der Waals surface area contributed by atoms with Crippen LogP contribution >= 0.6 is 27.3 Å². The van der Waals surface area contributed by atoms with Crippen LogP contribution in [0.15, 0.2) is 41.3 Å². The van der Waals surface area contributed by atoms with Gasteiger partial charge in [0.25, 0.3) is 0 Å². The van der Waals surface area contributed by atoms with E-state index in [9.17, 15) is 0 Å². The molecule has 16 heavy (non-hydrogen) atoms. The summed E-state index contributed by atoms with van der Waals surface area (Å²) in [5.41, 5.74) is 1.94. The second-order valence-corrected chi connectivity index (χ2v) is 5.13. The number of hydrogen-bond acceptors (Lipinski definition) is 4. The molecule has 0 saturated carbocycles. The van der Waals surface area contributed by atoms with Crippen LogP contribution in [0.4, 0.5) is 0 Å². The zero-order valence-electron chi connectivity index (χ0n) is 8.09. The molecule has 0 aliphatic carbocycles.